The molecule has 1 saturated carbocycles. The zero-order chi connectivity index (χ0) is 20.4. The monoisotopic (exact) mass is 392 g/mol. The predicted molar refractivity (Wildman–Crippen MR) is 107 cm³/mol. The summed E-state index contributed by atoms with van der Waals surface area (Å²) in [5.74, 6) is 0.619. The van der Waals surface area contributed by atoms with E-state index in [1.54, 1.807) is 4.90 Å². The summed E-state index contributed by atoms with van der Waals surface area (Å²) in [5, 5.41) is 3.27. The van der Waals surface area contributed by atoms with Crippen LogP contribution in [0.1, 0.15) is 47.0 Å². The quantitative estimate of drug-likeness (QED) is 0.730. The summed E-state index contributed by atoms with van der Waals surface area (Å²) >= 11 is 0. The van der Waals surface area contributed by atoms with Crippen LogP contribution in [0.4, 0.5) is 0 Å². The molecule has 1 N–H and O–H groups in total. The van der Waals surface area contributed by atoms with Gasteiger partial charge in [0.2, 0.25) is 17.7 Å². The van der Waals surface area contributed by atoms with Crippen LogP contribution in [0.25, 0.3) is 0 Å². The molecule has 7 nitrogen and oxygen atoms in total. The molecular weight excluding hydrogens is 356 g/mol. The number of nitrogens with one attached hydrogen (secondary N) is 1. The third-order valence-corrected chi connectivity index (χ3v) is 5.98. The fourth-order valence-corrected chi connectivity index (χ4v) is 4.32. The van der Waals surface area contributed by atoms with Crippen molar-refractivity contribution < 1.29 is 14.4 Å². The van der Waals surface area contributed by atoms with Gasteiger partial charge in [-0.2, -0.15) is 0 Å². The largest absolute Gasteiger partial charge is 0.338 e. The minimum absolute atomic E-state index is 0.0551. The van der Waals surface area contributed by atoms with Crippen LogP contribution in [0.2, 0.25) is 0 Å². The summed E-state index contributed by atoms with van der Waals surface area (Å²) < 4.78 is 0. The second kappa shape index (κ2) is 8.80. The Kier molecular flexibility index (Phi) is 6.63. The fourth-order valence-electron chi connectivity index (χ4n) is 4.32. The van der Waals surface area contributed by atoms with Gasteiger partial charge in [-0.25, -0.2) is 0 Å². The normalized spacial score (nSPS) is 25.5. The smallest absolute Gasteiger partial charge is 0.245 e. The summed E-state index contributed by atoms with van der Waals surface area (Å²) in [6.45, 7) is 12.2. The SMILES string of the molecule is CC(C)CN(C(=O)C(C)C)C1CC(C(=O)N2CCNCC2)N(C(=O)C2CC2)C1. The molecule has 3 amide bonds. The highest BCUT2D eigenvalue weighted by Gasteiger charge is 2.47. The molecule has 2 heterocycles. The van der Waals surface area contributed by atoms with Gasteiger partial charge >= 0.3 is 0 Å². The molecule has 3 fully saturated rings. The number of nitrogens with zero attached hydrogens (tertiary/aromatic N) is 3. The molecule has 7 heteroatoms. The van der Waals surface area contributed by atoms with Gasteiger partial charge in [-0.15, -0.1) is 0 Å². The molecule has 0 spiro atoms. The minimum Gasteiger partial charge on any atom is -0.338 e. The van der Waals surface area contributed by atoms with Crippen molar-refractivity contribution in [3.8, 4) is 0 Å². The molecule has 0 bridgehead atoms. The summed E-state index contributed by atoms with van der Waals surface area (Å²) in [6, 6.07) is -0.498. The molecule has 28 heavy (non-hydrogen) atoms. The van der Waals surface area contributed by atoms with Crippen LogP contribution < -0.4 is 5.32 Å². The molecule has 3 rings (SSSR count). The number of carbonyl (C=O) groups excluding carboxylic acids is 3. The first-order chi connectivity index (χ1) is 13.3. The molecule has 0 aromatic rings. The third-order valence-electron chi connectivity index (χ3n) is 5.98. The van der Waals surface area contributed by atoms with Crippen LogP contribution in [0, 0.1) is 17.8 Å². The topological polar surface area (TPSA) is 73.0 Å². The van der Waals surface area contributed by atoms with Crippen LogP contribution in [0.15, 0.2) is 0 Å². The van der Waals surface area contributed by atoms with E-state index in [2.05, 4.69) is 19.2 Å². The van der Waals surface area contributed by atoms with Gasteiger partial charge in [0.15, 0.2) is 0 Å². The number of rotatable bonds is 6. The lowest BCUT2D eigenvalue weighted by molar-refractivity contribution is -0.144. The molecule has 3 aliphatic rings. The lowest BCUT2D eigenvalue weighted by atomic mass is 10.0. The van der Waals surface area contributed by atoms with Crippen molar-refractivity contribution in [2.45, 2.75) is 59.0 Å². The van der Waals surface area contributed by atoms with Crippen LogP contribution in [-0.4, -0.2) is 83.8 Å². The van der Waals surface area contributed by atoms with Crippen molar-refractivity contribution >= 4 is 17.7 Å². The van der Waals surface area contributed by atoms with E-state index in [1.165, 1.54) is 0 Å². The molecule has 0 aromatic heterocycles. The number of likely N-dealkylation sites (tertiary alicyclic amines) is 1. The fraction of sp³-hybridized carbons (Fsp3) is 0.857. The molecule has 2 aliphatic heterocycles. The predicted octanol–water partition coefficient (Wildman–Crippen LogP) is 0.938. The third kappa shape index (κ3) is 4.67. The van der Waals surface area contributed by atoms with Gasteiger partial charge < -0.3 is 20.0 Å². The van der Waals surface area contributed by atoms with Crippen molar-refractivity contribution in [2.24, 2.45) is 17.8 Å². The Morgan fingerprint density at radius 2 is 1.68 bits per heavy atom. The summed E-state index contributed by atoms with van der Waals surface area (Å²) in [5.41, 5.74) is 0. The van der Waals surface area contributed by atoms with Gasteiger partial charge in [0, 0.05) is 51.1 Å². The summed E-state index contributed by atoms with van der Waals surface area (Å²) in [6.07, 6.45) is 2.41. The van der Waals surface area contributed by atoms with Crippen molar-refractivity contribution in [1.29, 1.82) is 0 Å². The van der Waals surface area contributed by atoms with E-state index in [0.29, 0.717) is 38.5 Å². The Balaban J connectivity index is 1.80. The Morgan fingerprint density at radius 3 is 2.21 bits per heavy atom. The van der Waals surface area contributed by atoms with Gasteiger partial charge in [-0.3, -0.25) is 14.4 Å². The minimum atomic E-state index is -0.425. The molecule has 2 unspecified atom stereocenters. The maximum atomic E-state index is 13.3. The maximum absolute atomic E-state index is 13.3. The Hall–Kier alpha value is -1.63. The van der Waals surface area contributed by atoms with Gasteiger partial charge in [0.25, 0.3) is 0 Å². The van der Waals surface area contributed by atoms with E-state index in [-0.39, 0.29) is 35.6 Å². The zero-order valence-corrected chi connectivity index (χ0v) is 17.8. The second-order valence-electron chi connectivity index (χ2n) is 9.28. The van der Waals surface area contributed by atoms with Gasteiger partial charge in [-0.05, 0) is 25.2 Å². The van der Waals surface area contributed by atoms with Crippen LogP contribution in [0.3, 0.4) is 0 Å². The van der Waals surface area contributed by atoms with Crippen LogP contribution in [0.5, 0.6) is 0 Å². The number of hydrogen-bond donors (Lipinski definition) is 1. The average Bonchev–Trinajstić information content (AvgIpc) is 3.43. The van der Waals surface area contributed by atoms with Crippen LogP contribution >= 0.6 is 0 Å². The standard InChI is InChI=1S/C21H36N4O3/c1-14(2)12-24(19(26)15(3)4)17-11-18(21(28)23-9-7-22-8-10-23)25(13-17)20(27)16-5-6-16/h14-18,22H,5-13H2,1-4H3. The lowest BCUT2D eigenvalue weighted by Gasteiger charge is -2.32. The molecule has 2 atom stereocenters. The molecular formula is C21H36N4O3. The summed E-state index contributed by atoms with van der Waals surface area (Å²) in [4.78, 5) is 44.7. The van der Waals surface area contributed by atoms with Crippen molar-refractivity contribution in [1.82, 2.24) is 20.0 Å². The van der Waals surface area contributed by atoms with E-state index in [9.17, 15) is 14.4 Å². The maximum Gasteiger partial charge on any atom is 0.245 e. The number of piperazine rings is 1. The van der Waals surface area contributed by atoms with E-state index < -0.39 is 6.04 Å². The summed E-state index contributed by atoms with van der Waals surface area (Å²) in [7, 11) is 0. The van der Waals surface area contributed by atoms with Gasteiger partial charge in [0.05, 0.1) is 6.04 Å². The number of amides is 3. The Morgan fingerprint density at radius 1 is 1.04 bits per heavy atom. The number of hydrogen-bond acceptors (Lipinski definition) is 4. The Bertz CT molecular complexity index is 596. The number of carbonyl (C=O) groups is 3. The average molecular weight is 393 g/mol. The van der Waals surface area contributed by atoms with Gasteiger partial charge in [0.1, 0.15) is 6.04 Å². The van der Waals surface area contributed by atoms with Crippen LogP contribution in [-0.2, 0) is 14.4 Å². The van der Waals surface area contributed by atoms with E-state index in [4.69, 9.17) is 0 Å². The molecule has 2 saturated heterocycles. The van der Waals surface area contributed by atoms with Crippen molar-refractivity contribution in [3.63, 3.8) is 0 Å². The lowest BCUT2D eigenvalue weighted by Crippen LogP contribution is -2.53. The molecule has 158 valence electrons. The van der Waals surface area contributed by atoms with E-state index in [1.807, 2.05) is 23.6 Å². The first-order valence-electron chi connectivity index (χ1n) is 10.9. The molecule has 1 aliphatic carbocycles. The van der Waals surface area contributed by atoms with Gasteiger partial charge in [-0.1, -0.05) is 27.7 Å². The second-order valence-corrected chi connectivity index (χ2v) is 9.28. The van der Waals surface area contributed by atoms with E-state index in [0.717, 1.165) is 25.9 Å². The highest BCUT2D eigenvalue weighted by atomic mass is 16.2. The van der Waals surface area contributed by atoms with Crippen molar-refractivity contribution in [3.05, 3.63) is 0 Å². The zero-order valence-electron chi connectivity index (χ0n) is 17.8. The highest BCUT2D eigenvalue weighted by molar-refractivity contribution is 5.90. The van der Waals surface area contributed by atoms with E-state index >= 15 is 0 Å². The Labute approximate surface area is 168 Å². The molecule has 0 aromatic carbocycles. The first-order valence-corrected chi connectivity index (χ1v) is 10.9. The first kappa shape index (κ1) is 21.1. The molecule has 0 radical (unpaired) electrons. The highest BCUT2D eigenvalue weighted by Crippen LogP contribution is 2.35. The van der Waals surface area contributed by atoms with Crippen molar-refractivity contribution in [2.75, 3.05) is 39.3 Å².